The summed E-state index contributed by atoms with van der Waals surface area (Å²) in [6, 6.07) is 17.8. The van der Waals surface area contributed by atoms with E-state index in [1.807, 2.05) is 42.5 Å². The maximum absolute atomic E-state index is 15.0. The van der Waals surface area contributed by atoms with E-state index in [0.717, 1.165) is 42.6 Å². The van der Waals surface area contributed by atoms with Crippen molar-refractivity contribution in [2.45, 2.75) is 68.5 Å². The van der Waals surface area contributed by atoms with Gasteiger partial charge in [-0.2, -0.15) is 0 Å². The topological polar surface area (TPSA) is 92.7 Å². The Hall–Kier alpha value is -3.49. The monoisotopic (exact) mass is 569 g/mol. The molecule has 1 spiro atoms. The minimum absolute atomic E-state index is 0.0411. The molecule has 0 amide bonds. The molecule has 0 aromatic heterocycles. The van der Waals surface area contributed by atoms with Crippen molar-refractivity contribution in [3.8, 4) is 5.75 Å². The predicted octanol–water partition coefficient (Wildman–Crippen LogP) is 5.07. The predicted molar refractivity (Wildman–Crippen MR) is 152 cm³/mol. The van der Waals surface area contributed by atoms with E-state index in [4.69, 9.17) is 23.8 Å². The highest BCUT2D eigenvalue weighted by Gasteiger charge is 2.85. The van der Waals surface area contributed by atoms with Crippen molar-refractivity contribution in [2.24, 2.45) is 27.8 Å². The summed E-state index contributed by atoms with van der Waals surface area (Å²) in [4.78, 5) is 34.3. The van der Waals surface area contributed by atoms with Gasteiger partial charge in [-0.1, -0.05) is 79.5 Å². The molecule has 0 N–H and O–H groups in total. The second kappa shape index (κ2) is 8.77. The average molecular weight is 570 g/mol. The molecule has 42 heavy (non-hydrogen) atoms. The van der Waals surface area contributed by atoms with Gasteiger partial charge in [0.1, 0.15) is 18.0 Å². The number of hydrogen-bond donors (Lipinski definition) is 0. The molecule has 4 aliphatic carbocycles. The molecule has 8 nitrogen and oxygen atoms in total. The van der Waals surface area contributed by atoms with E-state index in [-0.39, 0.29) is 34.7 Å². The SMILES string of the molecule is COC(=O)C1=NO[C@@]2(C1)[C@@H]1OC(c3ccccc3)O[C@@H]1C(=O)[C@@H]1[C@H]2[C@]23C=C[C@]1(c1ccc(OC)cc1)[C@@]2(C)CCCC3. The van der Waals surface area contributed by atoms with Crippen molar-refractivity contribution >= 4 is 17.5 Å². The van der Waals surface area contributed by atoms with E-state index in [0.29, 0.717) is 0 Å². The lowest BCUT2D eigenvalue weighted by atomic mass is 9.51. The standard InChI is InChI=1S/C34H35NO7/c1-31-15-7-8-16-32(31)17-18-33(31,21-11-13-22(38-2)14-12-21)24-25(36)26-28(41-30(40-26)20-9-5-4-6-10-20)34(27(24)32)19-23(35-42-34)29(37)39-3/h4-6,9-14,17-18,24,26-28,30H,7-8,15-16,19H2,1-3H3/t24-,26-,27+,28-,30?,31+,32+,33-,34-/m1/s1. The number of fused-ring (bicyclic) bond motifs is 5. The number of rotatable bonds is 4. The first kappa shape index (κ1) is 26.2. The largest absolute Gasteiger partial charge is 0.497 e. The number of carbonyl (C=O) groups is 2. The highest BCUT2D eigenvalue weighted by atomic mass is 16.8. The molecule has 8 rings (SSSR count). The number of benzene rings is 2. The van der Waals surface area contributed by atoms with E-state index >= 15 is 4.79 Å². The quantitative estimate of drug-likeness (QED) is 0.375. The summed E-state index contributed by atoms with van der Waals surface area (Å²) < 4.78 is 23.8. The number of hydrogen-bond acceptors (Lipinski definition) is 8. The molecule has 1 saturated heterocycles. The van der Waals surface area contributed by atoms with Crippen LogP contribution in [-0.2, 0) is 34.1 Å². The van der Waals surface area contributed by atoms with E-state index in [1.165, 1.54) is 7.11 Å². The molecule has 4 fully saturated rings. The molecule has 218 valence electrons. The van der Waals surface area contributed by atoms with Gasteiger partial charge in [0.2, 0.25) is 0 Å². The van der Waals surface area contributed by atoms with Crippen LogP contribution in [0.1, 0.15) is 56.4 Å². The van der Waals surface area contributed by atoms with E-state index in [9.17, 15) is 4.79 Å². The maximum Gasteiger partial charge on any atom is 0.355 e. The molecule has 1 unspecified atom stereocenters. The number of ether oxygens (including phenoxy) is 4. The fourth-order valence-electron chi connectivity index (χ4n) is 10.1. The van der Waals surface area contributed by atoms with Gasteiger partial charge in [0.25, 0.3) is 0 Å². The van der Waals surface area contributed by atoms with Crippen LogP contribution < -0.4 is 4.74 Å². The first-order chi connectivity index (χ1) is 20.3. The van der Waals surface area contributed by atoms with E-state index in [1.54, 1.807) is 7.11 Å². The summed E-state index contributed by atoms with van der Waals surface area (Å²) in [5.74, 6) is -0.445. The Kier molecular flexibility index (Phi) is 5.46. The van der Waals surface area contributed by atoms with Crippen LogP contribution in [0.2, 0.25) is 0 Å². The first-order valence-electron chi connectivity index (χ1n) is 14.9. The third-order valence-electron chi connectivity index (χ3n) is 11.7. The smallest absolute Gasteiger partial charge is 0.355 e. The molecule has 2 heterocycles. The van der Waals surface area contributed by atoms with Gasteiger partial charge in [-0.25, -0.2) is 4.79 Å². The van der Waals surface area contributed by atoms with Crippen LogP contribution in [-0.4, -0.2) is 49.5 Å². The molecular formula is C34H35NO7. The Morgan fingerprint density at radius 2 is 1.74 bits per heavy atom. The van der Waals surface area contributed by atoms with Crippen molar-refractivity contribution in [3.05, 3.63) is 77.9 Å². The number of esters is 1. The lowest BCUT2D eigenvalue weighted by Crippen LogP contribution is -2.67. The zero-order valence-electron chi connectivity index (χ0n) is 24.1. The summed E-state index contributed by atoms with van der Waals surface area (Å²) in [7, 11) is 3.01. The van der Waals surface area contributed by atoms with Crippen LogP contribution in [0.5, 0.6) is 5.75 Å². The number of Topliss-reactive ketones (excluding diaryl/α,β-unsaturated/α-hetero) is 1. The molecule has 2 aromatic carbocycles. The van der Waals surface area contributed by atoms with Gasteiger partial charge in [0.15, 0.2) is 23.4 Å². The molecule has 9 atom stereocenters. The molecule has 2 aromatic rings. The number of carbonyl (C=O) groups excluding carboxylic acids is 2. The molecule has 2 aliphatic heterocycles. The number of allylic oxidation sites excluding steroid dienone is 2. The van der Waals surface area contributed by atoms with Crippen LogP contribution in [0.4, 0.5) is 0 Å². The van der Waals surface area contributed by atoms with Crippen molar-refractivity contribution in [1.29, 1.82) is 0 Å². The third kappa shape index (κ3) is 2.92. The average Bonchev–Trinajstić information content (AvgIpc) is 3.78. The van der Waals surface area contributed by atoms with Gasteiger partial charge < -0.3 is 23.8 Å². The second-order valence-corrected chi connectivity index (χ2v) is 13.0. The maximum atomic E-state index is 15.0. The summed E-state index contributed by atoms with van der Waals surface area (Å²) in [5, 5.41) is 4.34. The zero-order valence-corrected chi connectivity index (χ0v) is 24.1. The van der Waals surface area contributed by atoms with Gasteiger partial charge in [0, 0.05) is 34.7 Å². The van der Waals surface area contributed by atoms with Crippen LogP contribution in [0.25, 0.3) is 0 Å². The Morgan fingerprint density at radius 1 is 0.976 bits per heavy atom. The van der Waals surface area contributed by atoms with Crippen molar-refractivity contribution in [2.75, 3.05) is 14.2 Å². The van der Waals surface area contributed by atoms with Crippen LogP contribution in [0, 0.1) is 22.7 Å². The number of ketones is 1. The van der Waals surface area contributed by atoms with Crippen molar-refractivity contribution in [3.63, 3.8) is 0 Å². The minimum atomic E-state index is -1.08. The van der Waals surface area contributed by atoms with E-state index in [2.05, 4.69) is 36.4 Å². The van der Waals surface area contributed by atoms with E-state index < -0.39 is 41.4 Å². The molecule has 0 radical (unpaired) electrons. The molecule has 3 saturated carbocycles. The van der Waals surface area contributed by atoms with Gasteiger partial charge in [-0.3, -0.25) is 4.79 Å². The van der Waals surface area contributed by atoms with Crippen LogP contribution >= 0.6 is 0 Å². The van der Waals surface area contributed by atoms with Gasteiger partial charge >= 0.3 is 5.97 Å². The van der Waals surface area contributed by atoms with Crippen LogP contribution in [0.15, 0.2) is 71.9 Å². The lowest BCUT2D eigenvalue weighted by Gasteiger charge is -2.54. The fraction of sp³-hybridized carbons (Fsp3) is 0.500. The molecule has 6 aliphatic rings. The van der Waals surface area contributed by atoms with Crippen LogP contribution in [0.3, 0.4) is 0 Å². The minimum Gasteiger partial charge on any atom is -0.497 e. The van der Waals surface area contributed by atoms with Crippen molar-refractivity contribution < 1.29 is 33.4 Å². The van der Waals surface area contributed by atoms with Gasteiger partial charge in [-0.15, -0.1) is 0 Å². The van der Waals surface area contributed by atoms with Gasteiger partial charge in [-0.05, 0) is 36.0 Å². The molecule has 2 bridgehead atoms. The summed E-state index contributed by atoms with van der Waals surface area (Å²) in [5.41, 5.74) is -0.149. The first-order valence-corrected chi connectivity index (χ1v) is 14.9. The molecular weight excluding hydrogens is 534 g/mol. The normalized spacial score (nSPS) is 42.5. The second-order valence-electron chi connectivity index (χ2n) is 13.0. The Morgan fingerprint density at radius 3 is 2.48 bits per heavy atom. The number of oxime groups is 1. The zero-order chi connectivity index (χ0) is 28.9. The number of methoxy groups -OCH3 is 2. The summed E-state index contributed by atoms with van der Waals surface area (Å²) in [6.07, 6.45) is 6.58. The summed E-state index contributed by atoms with van der Waals surface area (Å²) >= 11 is 0. The third-order valence-corrected chi connectivity index (χ3v) is 11.7. The fourth-order valence-corrected chi connectivity index (χ4v) is 10.1. The van der Waals surface area contributed by atoms with Crippen molar-refractivity contribution in [1.82, 2.24) is 0 Å². The Bertz CT molecular complexity index is 1520. The Balaban J connectivity index is 1.34. The van der Waals surface area contributed by atoms with Gasteiger partial charge in [0.05, 0.1) is 14.2 Å². The highest BCUT2D eigenvalue weighted by Crippen LogP contribution is 2.82. The lowest BCUT2D eigenvalue weighted by molar-refractivity contribution is -0.205. The highest BCUT2D eigenvalue weighted by molar-refractivity contribution is 6.37. The Labute approximate surface area is 245 Å². The number of nitrogens with zero attached hydrogens (tertiary/aromatic N) is 1. The molecule has 8 heteroatoms. The summed E-state index contributed by atoms with van der Waals surface area (Å²) in [6.45, 7) is 2.36.